The van der Waals surface area contributed by atoms with Crippen LogP contribution in [0.1, 0.15) is 0 Å². The topological polar surface area (TPSA) is 66.4 Å². The van der Waals surface area contributed by atoms with Crippen LogP contribution in [0.2, 0.25) is 0 Å². The fraction of sp³-hybridized carbons (Fsp3) is 0.400. The molecule has 0 aliphatic heterocycles. The summed E-state index contributed by atoms with van der Waals surface area (Å²) in [6.45, 7) is 2.15. The average molecular weight is 489 g/mol. The SMILES string of the molecule is COc1cc(OCCOCCOCCO)cc(OC)c1[I+]c1ccccc1. The molecule has 0 bridgehead atoms. The molecule has 0 aliphatic carbocycles. The van der Waals surface area contributed by atoms with Gasteiger partial charge in [0.25, 0.3) is 3.57 Å². The fourth-order valence-electron chi connectivity index (χ4n) is 2.21. The normalized spacial score (nSPS) is 10.6. The van der Waals surface area contributed by atoms with Crippen LogP contribution < -0.4 is 35.4 Å². The van der Waals surface area contributed by atoms with Crippen molar-refractivity contribution in [1.29, 1.82) is 0 Å². The Labute approximate surface area is 170 Å². The minimum Gasteiger partial charge on any atom is -0.492 e. The lowest BCUT2D eigenvalue weighted by atomic mass is 10.3. The Morgan fingerprint density at radius 1 is 0.815 bits per heavy atom. The largest absolute Gasteiger partial charge is 0.492 e. The van der Waals surface area contributed by atoms with Gasteiger partial charge in [-0.15, -0.1) is 0 Å². The van der Waals surface area contributed by atoms with Gasteiger partial charge >= 0.3 is 21.2 Å². The number of halogens is 1. The Hall–Kier alpha value is -1.55. The molecule has 0 heterocycles. The van der Waals surface area contributed by atoms with Crippen LogP contribution in [0.4, 0.5) is 0 Å². The van der Waals surface area contributed by atoms with Gasteiger partial charge in [-0.2, -0.15) is 0 Å². The molecule has 2 aromatic carbocycles. The maximum Gasteiger partial charge on any atom is 0.366 e. The molecular weight excluding hydrogens is 463 g/mol. The van der Waals surface area contributed by atoms with Crippen molar-refractivity contribution in [1.82, 2.24) is 0 Å². The molecule has 27 heavy (non-hydrogen) atoms. The number of rotatable bonds is 13. The van der Waals surface area contributed by atoms with Crippen molar-refractivity contribution in [2.75, 3.05) is 53.9 Å². The lowest BCUT2D eigenvalue weighted by Crippen LogP contribution is -3.61. The van der Waals surface area contributed by atoms with E-state index in [4.69, 9.17) is 28.8 Å². The predicted molar refractivity (Wildman–Crippen MR) is 97.6 cm³/mol. The molecule has 0 amide bonds. The first kappa shape index (κ1) is 21.7. The number of aliphatic hydroxyl groups is 1. The molecule has 0 aromatic heterocycles. The monoisotopic (exact) mass is 489 g/mol. The Bertz CT molecular complexity index is 640. The van der Waals surface area contributed by atoms with Crippen LogP contribution in [0.15, 0.2) is 42.5 Å². The molecule has 6 nitrogen and oxygen atoms in total. The summed E-state index contributed by atoms with van der Waals surface area (Å²) in [6.07, 6.45) is 0. The number of ether oxygens (including phenoxy) is 5. The van der Waals surface area contributed by atoms with Crippen LogP contribution in [0.25, 0.3) is 0 Å². The van der Waals surface area contributed by atoms with Gasteiger partial charge in [0.05, 0.1) is 47.3 Å². The fourth-order valence-corrected chi connectivity index (χ4v) is 4.89. The van der Waals surface area contributed by atoms with E-state index in [9.17, 15) is 0 Å². The zero-order chi connectivity index (χ0) is 19.3. The van der Waals surface area contributed by atoms with Crippen molar-refractivity contribution in [3.63, 3.8) is 0 Å². The van der Waals surface area contributed by atoms with Gasteiger partial charge < -0.3 is 28.8 Å². The number of benzene rings is 2. The quantitative estimate of drug-likeness (QED) is 0.295. The van der Waals surface area contributed by atoms with Crippen molar-refractivity contribution in [2.24, 2.45) is 0 Å². The lowest BCUT2D eigenvalue weighted by molar-refractivity contribution is -0.598. The standard InChI is InChI=1S/C20H26IO6/c1-23-18-14-17(27-13-12-26-11-10-25-9-8-22)15-19(24-2)20(18)21-16-6-4-3-5-7-16/h3-7,14-15,22H,8-13H2,1-2H3/q+1. The van der Waals surface area contributed by atoms with Crippen LogP contribution in [-0.2, 0) is 9.47 Å². The Balaban J connectivity index is 1.92. The van der Waals surface area contributed by atoms with Gasteiger partial charge in [-0.3, -0.25) is 0 Å². The van der Waals surface area contributed by atoms with Gasteiger partial charge in [0, 0.05) is 12.1 Å². The molecular formula is C20H26IO6+. The summed E-state index contributed by atoms with van der Waals surface area (Å²) in [5, 5.41) is 8.62. The van der Waals surface area contributed by atoms with E-state index in [1.54, 1.807) is 14.2 Å². The highest BCUT2D eigenvalue weighted by Gasteiger charge is 2.27. The van der Waals surface area contributed by atoms with Crippen molar-refractivity contribution in [2.45, 2.75) is 0 Å². The first-order valence-corrected chi connectivity index (χ1v) is 10.8. The van der Waals surface area contributed by atoms with E-state index in [0.29, 0.717) is 38.8 Å². The molecule has 2 rings (SSSR count). The van der Waals surface area contributed by atoms with Gasteiger partial charge in [0.2, 0.25) is 0 Å². The molecule has 7 heteroatoms. The second-order valence-electron chi connectivity index (χ2n) is 5.33. The molecule has 0 atom stereocenters. The third-order valence-electron chi connectivity index (χ3n) is 3.46. The summed E-state index contributed by atoms with van der Waals surface area (Å²) in [6, 6.07) is 14.1. The Morgan fingerprint density at radius 2 is 1.41 bits per heavy atom. The highest BCUT2D eigenvalue weighted by molar-refractivity contribution is 5.41. The molecule has 2 aromatic rings. The summed E-state index contributed by atoms with van der Waals surface area (Å²) in [7, 11) is 3.32. The third-order valence-corrected chi connectivity index (χ3v) is 6.40. The predicted octanol–water partition coefficient (Wildman–Crippen LogP) is -0.763. The first-order chi connectivity index (χ1) is 13.3. The second kappa shape index (κ2) is 12.8. The maximum absolute atomic E-state index is 8.62. The molecule has 0 fully saturated rings. The van der Waals surface area contributed by atoms with Crippen molar-refractivity contribution in [3.8, 4) is 17.2 Å². The Kier molecular flexibility index (Phi) is 10.3. The highest BCUT2D eigenvalue weighted by Crippen LogP contribution is 2.27. The highest BCUT2D eigenvalue weighted by atomic mass is 127. The molecule has 0 spiro atoms. The zero-order valence-corrected chi connectivity index (χ0v) is 17.8. The first-order valence-electron chi connectivity index (χ1n) is 8.63. The summed E-state index contributed by atoms with van der Waals surface area (Å²) in [5.41, 5.74) is 0. The smallest absolute Gasteiger partial charge is 0.366 e. The summed E-state index contributed by atoms with van der Waals surface area (Å²) < 4.78 is 29.9. The van der Waals surface area contributed by atoms with Crippen LogP contribution in [0.5, 0.6) is 17.2 Å². The van der Waals surface area contributed by atoms with E-state index in [0.717, 1.165) is 15.1 Å². The van der Waals surface area contributed by atoms with E-state index in [1.807, 2.05) is 30.3 Å². The van der Waals surface area contributed by atoms with E-state index < -0.39 is 21.2 Å². The molecule has 0 radical (unpaired) electrons. The minimum atomic E-state index is -0.430. The molecule has 148 valence electrons. The molecule has 1 N–H and O–H groups in total. The van der Waals surface area contributed by atoms with Crippen LogP contribution in [-0.4, -0.2) is 59.0 Å². The second-order valence-corrected chi connectivity index (χ2v) is 8.19. The summed E-state index contributed by atoms with van der Waals surface area (Å²) in [4.78, 5) is 0. The molecule has 0 saturated carbocycles. The number of hydrogen-bond donors (Lipinski definition) is 1. The van der Waals surface area contributed by atoms with Crippen molar-refractivity contribution < 1.29 is 50.0 Å². The maximum atomic E-state index is 8.62. The van der Waals surface area contributed by atoms with E-state index in [1.165, 1.54) is 3.57 Å². The lowest BCUT2D eigenvalue weighted by Gasteiger charge is -2.11. The molecule has 0 aliphatic rings. The average Bonchev–Trinajstić information content (AvgIpc) is 2.71. The minimum absolute atomic E-state index is 0.0231. The summed E-state index contributed by atoms with van der Waals surface area (Å²) >= 11 is -0.430. The van der Waals surface area contributed by atoms with Gasteiger partial charge in [0.15, 0.2) is 15.1 Å². The number of hydrogen-bond acceptors (Lipinski definition) is 6. The van der Waals surface area contributed by atoms with Crippen molar-refractivity contribution >= 4 is 0 Å². The van der Waals surface area contributed by atoms with Crippen LogP contribution in [0, 0.1) is 7.14 Å². The van der Waals surface area contributed by atoms with Gasteiger partial charge in [-0.25, -0.2) is 0 Å². The van der Waals surface area contributed by atoms with Crippen molar-refractivity contribution in [3.05, 3.63) is 49.6 Å². The number of methoxy groups -OCH3 is 2. The third kappa shape index (κ3) is 7.53. The van der Waals surface area contributed by atoms with Gasteiger partial charge in [0.1, 0.15) is 12.4 Å². The van der Waals surface area contributed by atoms with Gasteiger partial charge in [-0.05, 0) is 12.1 Å². The van der Waals surface area contributed by atoms with Crippen LogP contribution in [0.3, 0.4) is 0 Å². The number of aliphatic hydroxyl groups excluding tert-OH is 1. The van der Waals surface area contributed by atoms with E-state index >= 15 is 0 Å². The van der Waals surface area contributed by atoms with Gasteiger partial charge in [-0.1, -0.05) is 18.2 Å². The molecule has 0 unspecified atom stereocenters. The summed E-state index contributed by atoms with van der Waals surface area (Å²) in [5.74, 6) is 2.24. The van der Waals surface area contributed by atoms with Crippen LogP contribution >= 0.6 is 0 Å². The van der Waals surface area contributed by atoms with E-state index in [-0.39, 0.29) is 6.61 Å². The zero-order valence-electron chi connectivity index (χ0n) is 15.7. The van der Waals surface area contributed by atoms with E-state index in [2.05, 4.69) is 12.1 Å². The Morgan fingerprint density at radius 3 is 2.00 bits per heavy atom. The molecule has 0 saturated heterocycles.